The topological polar surface area (TPSA) is 83.7 Å². The van der Waals surface area contributed by atoms with Crippen LogP contribution in [0.4, 0.5) is 0 Å². The first-order valence-electron chi connectivity index (χ1n) is 7.81. The Hall–Kier alpha value is -2.97. The van der Waals surface area contributed by atoms with Gasteiger partial charge in [-0.2, -0.15) is 5.10 Å². The van der Waals surface area contributed by atoms with Gasteiger partial charge in [0.15, 0.2) is 4.67 Å². The number of hydrazone groups is 1. The van der Waals surface area contributed by atoms with Crippen LogP contribution in [0.5, 0.6) is 0 Å². The molecule has 6 nitrogen and oxygen atoms in total. The number of carbonyl (C=O) groups excluding carboxylic acids is 2. The van der Waals surface area contributed by atoms with E-state index in [1.807, 2.05) is 23.6 Å². The number of nitrogens with zero attached hydrogens (tertiary/aromatic N) is 1. The summed E-state index contributed by atoms with van der Waals surface area (Å²) in [6.45, 7) is 0. The highest BCUT2D eigenvalue weighted by Crippen LogP contribution is 2.14. The number of rotatable bonds is 6. The van der Waals surface area contributed by atoms with E-state index in [1.54, 1.807) is 36.4 Å². The second-order valence-corrected chi connectivity index (χ2v) is 7.04. The van der Waals surface area contributed by atoms with E-state index >= 15 is 0 Å². The summed E-state index contributed by atoms with van der Waals surface area (Å²) in [4.78, 5) is 25.7. The first-order chi connectivity index (χ1) is 13.1. The smallest absolute Gasteiger partial charge is 0.287 e. The third-order valence-electron chi connectivity index (χ3n) is 3.33. The average Bonchev–Trinajstić information content (AvgIpc) is 3.33. The summed E-state index contributed by atoms with van der Waals surface area (Å²) < 4.78 is 5.65. The van der Waals surface area contributed by atoms with Crippen molar-refractivity contribution >= 4 is 51.4 Å². The van der Waals surface area contributed by atoms with Crippen LogP contribution in [0.1, 0.15) is 20.8 Å². The molecule has 2 aromatic heterocycles. The molecule has 0 aliphatic rings. The Labute approximate surface area is 167 Å². The predicted molar refractivity (Wildman–Crippen MR) is 108 cm³/mol. The van der Waals surface area contributed by atoms with Gasteiger partial charge in [0, 0.05) is 16.0 Å². The molecule has 3 aromatic rings. The molecule has 0 radical (unpaired) electrons. The van der Waals surface area contributed by atoms with Crippen LogP contribution in [0, 0.1) is 0 Å². The van der Waals surface area contributed by atoms with E-state index in [0.29, 0.717) is 15.8 Å². The molecule has 0 fully saturated rings. The zero-order valence-electron chi connectivity index (χ0n) is 13.9. The summed E-state index contributed by atoms with van der Waals surface area (Å²) in [5, 5.41) is 8.42. The molecule has 136 valence electrons. The zero-order valence-corrected chi connectivity index (χ0v) is 16.3. The average molecular weight is 444 g/mol. The second kappa shape index (κ2) is 9.11. The summed E-state index contributed by atoms with van der Waals surface area (Å²) in [6.07, 6.45) is 4.53. The van der Waals surface area contributed by atoms with E-state index in [1.165, 1.54) is 23.8 Å². The van der Waals surface area contributed by atoms with Crippen molar-refractivity contribution in [3.8, 4) is 0 Å². The van der Waals surface area contributed by atoms with Gasteiger partial charge in [0.2, 0.25) is 0 Å². The molecule has 27 heavy (non-hydrogen) atoms. The maximum atomic E-state index is 12.5. The largest absolute Gasteiger partial charge is 0.457 e. The lowest BCUT2D eigenvalue weighted by Crippen LogP contribution is -2.32. The minimum atomic E-state index is -0.536. The normalized spacial score (nSPS) is 11.5. The van der Waals surface area contributed by atoms with E-state index < -0.39 is 5.91 Å². The number of carbonyl (C=O) groups is 2. The molecular formula is C19H14BrN3O3S. The Morgan fingerprint density at radius 2 is 1.96 bits per heavy atom. The monoisotopic (exact) mass is 443 g/mol. The van der Waals surface area contributed by atoms with Crippen molar-refractivity contribution < 1.29 is 14.0 Å². The van der Waals surface area contributed by atoms with Crippen molar-refractivity contribution in [2.45, 2.75) is 0 Å². The maximum absolute atomic E-state index is 12.5. The molecule has 0 atom stereocenters. The van der Waals surface area contributed by atoms with Crippen LogP contribution < -0.4 is 10.7 Å². The number of furan rings is 1. The molecule has 0 aliphatic heterocycles. The Bertz CT molecular complexity index is 979. The number of amides is 2. The molecule has 1 aromatic carbocycles. The lowest BCUT2D eigenvalue weighted by Gasteiger charge is -2.08. The summed E-state index contributed by atoms with van der Waals surface area (Å²) in [7, 11) is 0. The van der Waals surface area contributed by atoms with Crippen molar-refractivity contribution in [2.24, 2.45) is 5.10 Å². The van der Waals surface area contributed by atoms with Gasteiger partial charge in [-0.05, 0) is 51.7 Å². The van der Waals surface area contributed by atoms with Crippen LogP contribution in [-0.4, -0.2) is 18.0 Å². The molecule has 0 bridgehead atoms. The van der Waals surface area contributed by atoms with E-state index in [2.05, 4.69) is 31.8 Å². The summed E-state index contributed by atoms with van der Waals surface area (Å²) >= 11 is 4.64. The lowest BCUT2D eigenvalue weighted by molar-refractivity contribution is -0.117. The molecule has 2 N–H and O–H groups in total. The van der Waals surface area contributed by atoms with E-state index in [9.17, 15) is 9.59 Å². The van der Waals surface area contributed by atoms with Gasteiger partial charge in [-0.1, -0.05) is 24.3 Å². The van der Waals surface area contributed by atoms with Crippen molar-refractivity contribution in [3.05, 3.63) is 86.5 Å². The molecule has 8 heteroatoms. The van der Waals surface area contributed by atoms with E-state index in [-0.39, 0.29) is 11.6 Å². The number of thiophene rings is 1. The Balaban J connectivity index is 1.74. The van der Waals surface area contributed by atoms with Crippen LogP contribution >= 0.6 is 27.3 Å². The molecule has 2 amide bonds. The highest BCUT2D eigenvalue weighted by Gasteiger charge is 2.14. The Morgan fingerprint density at radius 1 is 1.15 bits per heavy atom. The van der Waals surface area contributed by atoms with E-state index in [4.69, 9.17) is 4.42 Å². The highest BCUT2D eigenvalue weighted by atomic mass is 79.9. The number of hydrogen-bond acceptors (Lipinski definition) is 5. The molecule has 0 unspecified atom stereocenters. The number of hydrogen-bond donors (Lipinski definition) is 2. The minimum Gasteiger partial charge on any atom is -0.457 e. The fourth-order valence-corrected chi connectivity index (χ4v) is 3.09. The van der Waals surface area contributed by atoms with Crippen molar-refractivity contribution in [3.63, 3.8) is 0 Å². The number of nitrogens with one attached hydrogen (secondary N) is 2. The van der Waals surface area contributed by atoms with Gasteiger partial charge in [0.05, 0.1) is 6.21 Å². The van der Waals surface area contributed by atoms with Gasteiger partial charge in [-0.15, -0.1) is 11.3 Å². The number of benzene rings is 1. The first-order valence-corrected chi connectivity index (χ1v) is 9.48. The van der Waals surface area contributed by atoms with Crippen molar-refractivity contribution in [1.82, 2.24) is 10.7 Å². The lowest BCUT2D eigenvalue weighted by atomic mass is 10.2. The molecule has 0 spiro atoms. The van der Waals surface area contributed by atoms with Crippen LogP contribution in [-0.2, 0) is 4.79 Å². The fraction of sp³-hybridized carbons (Fsp3) is 0. The summed E-state index contributed by atoms with van der Waals surface area (Å²) in [5.41, 5.74) is 3.63. The molecular weight excluding hydrogens is 430 g/mol. The fourth-order valence-electron chi connectivity index (χ4n) is 2.07. The standard InChI is InChI=1S/C19H14BrN3O3S/c20-17-9-13(12-26-17)11-21-23-19(25)16(10-15-7-4-8-27-15)22-18(24)14-5-2-1-3-6-14/h1-12H,(H,22,24)(H,23,25)/b16-10+,21-11+. The first kappa shape index (κ1) is 18.8. The third-order valence-corrected chi connectivity index (χ3v) is 4.56. The molecule has 2 heterocycles. The van der Waals surface area contributed by atoms with Crippen LogP contribution in [0.15, 0.2) is 80.1 Å². The minimum absolute atomic E-state index is 0.0943. The quantitative estimate of drug-likeness (QED) is 0.342. The van der Waals surface area contributed by atoms with Crippen LogP contribution in [0.25, 0.3) is 6.08 Å². The molecule has 0 aliphatic carbocycles. The molecule has 0 saturated heterocycles. The third kappa shape index (κ3) is 5.50. The van der Waals surface area contributed by atoms with Gasteiger partial charge in [0.1, 0.15) is 12.0 Å². The zero-order chi connectivity index (χ0) is 19.1. The van der Waals surface area contributed by atoms with Gasteiger partial charge >= 0.3 is 0 Å². The summed E-state index contributed by atoms with van der Waals surface area (Å²) in [5.74, 6) is -0.914. The van der Waals surface area contributed by atoms with Gasteiger partial charge < -0.3 is 9.73 Å². The van der Waals surface area contributed by atoms with Crippen molar-refractivity contribution in [1.29, 1.82) is 0 Å². The van der Waals surface area contributed by atoms with E-state index in [0.717, 1.165) is 4.88 Å². The van der Waals surface area contributed by atoms with Gasteiger partial charge in [-0.3, -0.25) is 9.59 Å². The van der Waals surface area contributed by atoms with Gasteiger partial charge in [0.25, 0.3) is 11.8 Å². The second-order valence-electron chi connectivity index (χ2n) is 5.28. The number of halogens is 1. The predicted octanol–water partition coefficient (Wildman–Crippen LogP) is 4.02. The van der Waals surface area contributed by atoms with Crippen LogP contribution in [0.3, 0.4) is 0 Å². The Kier molecular flexibility index (Phi) is 6.35. The van der Waals surface area contributed by atoms with Crippen molar-refractivity contribution in [2.75, 3.05) is 0 Å². The van der Waals surface area contributed by atoms with Crippen LogP contribution in [0.2, 0.25) is 0 Å². The highest BCUT2D eigenvalue weighted by molar-refractivity contribution is 9.10. The molecule has 3 rings (SSSR count). The maximum Gasteiger partial charge on any atom is 0.287 e. The SMILES string of the molecule is O=C(N/N=C/c1coc(Br)c1)/C(=C\c1cccs1)NC(=O)c1ccccc1. The molecule has 0 saturated carbocycles. The summed E-state index contributed by atoms with van der Waals surface area (Å²) in [6, 6.07) is 14.1. The van der Waals surface area contributed by atoms with Gasteiger partial charge in [-0.25, -0.2) is 5.43 Å². The Morgan fingerprint density at radius 3 is 2.63 bits per heavy atom.